The standard InChI is InChI=1S/C10H22N2O/c1-10(13-2,5-6-11)9-4-3-7-12-8-9/h9,12H,3-8,11H2,1-2H3. The molecule has 1 aliphatic rings. The third-order valence-corrected chi connectivity index (χ3v) is 3.27. The van der Waals surface area contributed by atoms with E-state index in [4.69, 9.17) is 10.5 Å². The van der Waals surface area contributed by atoms with E-state index < -0.39 is 0 Å². The molecular formula is C10H22N2O. The van der Waals surface area contributed by atoms with Gasteiger partial charge in [-0.3, -0.25) is 0 Å². The van der Waals surface area contributed by atoms with E-state index in [1.807, 2.05) is 0 Å². The average molecular weight is 186 g/mol. The first-order chi connectivity index (χ1) is 6.23. The van der Waals surface area contributed by atoms with Gasteiger partial charge in [0.25, 0.3) is 0 Å². The Kier molecular flexibility index (Phi) is 4.16. The number of ether oxygens (including phenoxy) is 1. The lowest BCUT2D eigenvalue weighted by molar-refractivity contribution is -0.0547. The van der Waals surface area contributed by atoms with E-state index in [0.29, 0.717) is 12.5 Å². The first-order valence-electron chi connectivity index (χ1n) is 5.19. The first-order valence-corrected chi connectivity index (χ1v) is 5.19. The van der Waals surface area contributed by atoms with E-state index in [9.17, 15) is 0 Å². The SMILES string of the molecule is COC(C)(CCN)C1CCCNC1. The molecular weight excluding hydrogens is 164 g/mol. The third kappa shape index (κ3) is 2.66. The lowest BCUT2D eigenvalue weighted by Crippen LogP contribution is -2.46. The maximum Gasteiger partial charge on any atom is 0.0702 e. The van der Waals surface area contributed by atoms with E-state index in [0.717, 1.165) is 19.5 Å². The largest absolute Gasteiger partial charge is 0.378 e. The smallest absolute Gasteiger partial charge is 0.0702 e. The Balaban J connectivity index is 2.51. The predicted octanol–water partition coefficient (Wildman–Crippen LogP) is 0.740. The molecule has 13 heavy (non-hydrogen) atoms. The highest BCUT2D eigenvalue weighted by molar-refractivity contribution is 4.87. The number of nitrogens with two attached hydrogens (primary N) is 1. The molecule has 1 heterocycles. The maximum atomic E-state index is 5.60. The van der Waals surface area contributed by atoms with Crippen LogP contribution in [0.15, 0.2) is 0 Å². The molecule has 0 amide bonds. The van der Waals surface area contributed by atoms with E-state index >= 15 is 0 Å². The van der Waals surface area contributed by atoms with Crippen LogP contribution in [0.25, 0.3) is 0 Å². The number of methoxy groups -OCH3 is 1. The minimum Gasteiger partial charge on any atom is -0.378 e. The Bertz CT molecular complexity index is 146. The zero-order valence-corrected chi connectivity index (χ0v) is 8.81. The van der Waals surface area contributed by atoms with Crippen LogP contribution in [0.3, 0.4) is 0 Å². The molecule has 3 nitrogen and oxygen atoms in total. The van der Waals surface area contributed by atoms with Gasteiger partial charge in [0, 0.05) is 19.6 Å². The van der Waals surface area contributed by atoms with Crippen molar-refractivity contribution >= 4 is 0 Å². The fraction of sp³-hybridized carbons (Fsp3) is 1.00. The van der Waals surface area contributed by atoms with Crippen molar-refractivity contribution < 1.29 is 4.74 Å². The fourth-order valence-electron chi connectivity index (χ4n) is 2.13. The summed E-state index contributed by atoms with van der Waals surface area (Å²) in [7, 11) is 1.80. The molecule has 1 rings (SSSR count). The minimum absolute atomic E-state index is 0.0256. The Morgan fingerprint density at radius 2 is 2.38 bits per heavy atom. The van der Waals surface area contributed by atoms with Gasteiger partial charge in [0.1, 0.15) is 0 Å². The molecule has 1 saturated heterocycles. The lowest BCUT2D eigenvalue weighted by atomic mass is 9.81. The molecule has 0 saturated carbocycles. The Morgan fingerprint density at radius 3 is 2.85 bits per heavy atom. The van der Waals surface area contributed by atoms with Gasteiger partial charge in [0.15, 0.2) is 0 Å². The van der Waals surface area contributed by atoms with Crippen molar-refractivity contribution in [1.82, 2.24) is 5.32 Å². The number of piperidine rings is 1. The van der Waals surface area contributed by atoms with Crippen LogP contribution in [0.5, 0.6) is 0 Å². The summed E-state index contributed by atoms with van der Waals surface area (Å²) in [6, 6.07) is 0. The van der Waals surface area contributed by atoms with Crippen molar-refractivity contribution in [3.8, 4) is 0 Å². The summed E-state index contributed by atoms with van der Waals surface area (Å²) >= 11 is 0. The zero-order valence-electron chi connectivity index (χ0n) is 8.81. The lowest BCUT2D eigenvalue weighted by Gasteiger charge is -2.39. The molecule has 3 N–H and O–H groups in total. The highest BCUT2D eigenvalue weighted by atomic mass is 16.5. The quantitative estimate of drug-likeness (QED) is 0.681. The molecule has 0 aromatic rings. The zero-order chi connectivity index (χ0) is 9.73. The molecule has 0 spiro atoms. The summed E-state index contributed by atoms with van der Waals surface area (Å²) in [6.07, 6.45) is 3.47. The molecule has 3 heteroatoms. The molecule has 2 unspecified atom stereocenters. The maximum absolute atomic E-state index is 5.60. The highest BCUT2D eigenvalue weighted by Gasteiger charge is 2.33. The van der Waals surface area contributed by atoms with Crippen LogP contribution in [0.2, 0.25) is 0 Å². The van der Waals surface area contributed by atoms with Gasteiger partial charge >= 0.3 is 0 Å². The molecule has 0 radical (unpaired) electrons. The Hall–Kier alpha value is -0.120. The number of hydrogen-bond donors (Lipinski definition) is 2. The van der Waals surface area contributed by atoms with Crippen molar-refractivity contribution in [2.75, 3.05) is 26.7 Å². The van der Waals surface area contributed by atoms with Crippen LogP contribution in [-0.4, -0.2) is 32.3 Å². The van der Waals surface area contributed by atoms with Crippen LogP contribution in [0.4, 0.5) is 0 Å². The van der Waals surface area contributed by atoms with Crippen molar-refractivity contribution in [3.05, 3.63) is 0 Å². The summed E-state index contributed by atoms with van der Waals surface area (Å²) in [4.78, 5) is 0. The van der Waals surface area contributed by atoms with E-state index in [-0.39, 0.29) is 5.60 Å². The predicted molar refractivity (Wildman–Crippen MR) is 54.7 cm³/mol. The molecule has 1 fully saturated rings. The summed E-state index contributed by atoms with van der Waals surface area (Å²) < 4.78 is 5.60. The highest BCUT2D eigenvalue weighted by Crippen LogP contribution is 2.29. The van der Waals surface area contributed by atoms with Crippen LogP contribution in [-0.2, 0) is 4.74 Å². The van der Waals surface area contributed by atoms with Gasteiger partial charge in [-0.2, -0.15) is 0 Å². The Morgan fingerprint density at radius 1 is 1.62 bits per heavy atom. The molecule has 1 aliphatic heterocycles. The van der Waals surface area contributed by atoms with E-state index in [1.165, 1.54) is 12.8 Å². The molecule has 2 atom stereocenters. The van der Waals surface area contributed by atoms with Gasteiger partial charge in [0.05, 0.1) is 5.60 Å². The minimum atomic E-state index is -0.0256. The van der Waals surface area contributed by atoms with Crippen molar-refractivity contribution in [3.63, 3.8) is 0 Å². The van der Waals surface area contributed by atoms with Gasteiger partial charge in [0.2, 0.25) is 0 Å². The monoisotopic (exact) mass is 186 g/mol. The molecule has 78 valence electrons. The van der Waals surface area contributed by atoms with E-state index in [1.54, 1.807) is 7.11 Å². The average Bonchev–Trinajstić information content (AvgIpc) is 2.19. The Labute approximate surface area is 81.0 Å². The second kappa shape index (κ2) is 4.94. The van der Waals surface area contributed by atoms with Crippen LogP contribution in [0, 0.1) is 5.92 Å². The number of nitrogens with one attached hydrogen (secondary N) is 1. The molecule has 0 bridgehead atoms. The topological polar surface area (TPSA) is 47.3 Å². The number of hydrogen-bond acceptors (Lipinski definition) is 3. The second-order valence-corrected chi connectivity index (χ2v) is 4.10. The van der Waals surface area contributed by atoms with E-state index in [2.05, 4.69) is 12.2 Å². The normalized spacial score (nSPS) is 28.4. The summed E-state index contributed by atoms with van der Waals surface area (Å²) in [5.74, 6) is 0.620. The fourth-order valence-corrected chi connectivity index (χ4v) is 2.13. The van der Waals surface area contributed by atoms with Crippen LogP contribution >= 0.6 is 0 Å². The second-order valence-electron chi connectivity index (χ2n) is 4.10. The number of rotatable bonds is 4. The van der Waals surface area contributed by atoms with Crippen molar-refractivity contribution in [1.29, 1.82) is 0 Å². The van der Waals surface area contributed by atoms with Gasteiger partial charge < -0.3 is 15.8 Å². The van der Waals surface area contributed by atoms with Gasteiger partial charge in [-0.25, -0.2) is 0 Å². The van der Waals surface area contributed by atoms with Crippen molar-refractivity contribution in [2.24, 2.45) is 11.7 Å². The van der Waals surface area contributed by atoms with Gasteiger partial charge in [-0.15, -0.1) is 0 Å². The van der Waals surface area contributed by atoms with Crippen molar-refractivity contribution in [2.45, 2.75) is 31.8 Å². The molecule has 0 aromatic heterocycles. The third-order valence-electron chi connectivity index (χ3n) is 3.27. The first kappa shape index (κ1) is 11.0. The van der Waals surface area contributed by atoms with Crippen LogP contribution in [0.1, 0.15) is 26.2 Å². The van der Waals surface area contributed by atoms with Gasteiger partial charge in [-0.05, 0) is 39.3 Å². The van der Waals surface area contributed by atoms with Crippen LogP contribution < -0.4 is 11.1 Å². The summed E-state index contributed by atoms with van der Waals surface area (Å²) in [5.41, 5.74) is 5.57. The molecule has 0 aromatic carbocycles. The summed E-state index contributed by atoms with van der Waals surface area (Å²) in [6.45, 7) is 5.11. The van der Waals surface area contributed by atoms with Gasteiger partial charge in [-0.1, -0.05) is 0 Å². The summed E-state index contributed by atoms with van der Waals surface area (Å²) in [5, 5.41) is 3.41. The molecule has 0 aliphatic carbocycles.